The van der Waals surface area contributed by atoms with E-state index in [4.69, 9.17) is 0 Å². The molecule has 0 saturated heterocycles. The lowest BCUT2D eigenvalue weighted by molar-refractivity contribution is -0.140. The summed E-state index contributed by atoms with van der Waals surface area (Å²) >= 11 is 0. The summed E-state index contributed by atoms with van der Waals surface area (Å²) in [6.45, 7) is 3.83. The third-order valence-electron chi connectivity index (χ3n) is 6.41. The second kappa shape index (κ2) is 9.57. The fourth-order valence-corrected chi connectivity index (χ4v) is 4.74. The molecule has 0 radical (unpaired) electrons. The summed E-state index contributed by atoms with van der Waals surface area (Å²) in [5.41, 5.74) is 0.680. The first-order chi connectivity index (χ1) is 13.9. The maximum absolute atomic E-state index is 14.1. The van der Waals surface area contributed by atoms with Gasteiger partial charge in [-0.15, -0.1) is 0 Å². The number of carbonyl (C=O) groups is 2. The van der Waals surface area contributed by atoms with Crippen LogP contribution >= 0.6 is 0 Å². The summed E-state index contributed by atoms with van der Waals surface area (Å²) in [7, 11) is 1.40. The van der Waals surface area contributed by atoms with Crippen LogP contribution in [0.5, 0.6) is 5.75 Å². The first kappa shape index (κ1) is 21.6. The zero-order chi connectivity index (χ0) is 21.0. The number of phenols is 1. The van der Waals surface area contributed by atoms with Gasteiger partial charge in [-0.3, -0.25) is 9.59 Å². The van der Waals surface area contributed by atoms with Crippen LogP contribution in [-0.2, 0) is 16.1 Å². The number of benzene rings is 1. The molecule has 1 atom stereocenters. The van der Waals surface area contributed by atoms with Crippen molar-refractivity contribution >= 4 is 11.9 Å². The normalized spacial score (nSPS) is 22.4. The van der Waals surface area contributed by atoms with E-state index >= 15 is 0 Å². The van der Waals surface area contributed by atoms with Gasteiger partial charge >= 0.3 is 5.97 Å². The Bertz CT molecular complexity index is 747. The largest absolute Gasteiger partial charge is 0.505 e. The van der Waals surface area contributed by atoms with Crippen LogP contribution in [-0.4, -0.2) is 48.1 Å². The zero-order valence-electron chi connectivity index (χ0n) is 17.2. The van der Waals surface area contributed by atoms with Crippen LogP contribution in [0.3, 0.4) is 0 Å². The van der Waals surface area contributed by atoms with E-state index in [9.17, 15) is 19.1 Å². The average Bonchev–Trinajstić information content (AvgIpc) is 3.04. The molecule has 2 N–H and O–H groups in total. The molecule has 1 aromatic rings. The predicted molar refractivity (Wildman–Crippen MR) is 107 cm³/mol. The van der Waals surface area contributed by atoms with Crippen LogP contribution in [0.15, 0.2) is 12.1 Å². The molecule has 1 saturated carbocycles. The van der Waals surface area contributed by atoms with E-state index in [1.807, 2.05) is 0 Å². The van der Waals surface area contributed by atoms with Crippen LogP contribution in [0, 0.1) is 17.7 Å². The highest BCUT2D eigenvalue weighted by Crippen LogP contribution is 2.35. The second-order valence-corrected chi connectivity index (χ2v) is 8.19. The van der Waals surface area contributed by atoms with E-state index in [0.29, 0.717) is 49.5 Å². The van der Waals surface area contributed by atoms with Crippen molar-refractivity contribution < 1.29 is 23.8 Å². The first-order valence-corrected chi connectivity index (χ1v) is 10.5. The standard InChI is InChI=1S/C22H31FN2O4/c1-3-17(24-11-10-19(27)29-2)15-6-4-14(5-7-15)12-25-13-16-8-9-18(26)21(23)20(16)22(25)28/h8-9,14-15,17,24,26H,3-7,10-13H2,1-2H3. The molecular formula is C22H31FN2O4. The fourth-order valence-electron chi connectivity index (χ4n) is 4.74. The number of fused-ring (bicyclic) bond motifs is 1. The molecule has 7 heteroatoms. The Hall–Kier alpha value is -2.15. The van der Waals surface area contributed by atoms with Crippen molar-refractivity contribution in [3.8, 4) is 5.75 Å². The highest BCUT2D eigenvalue weighted by molar-refractivity contribution is 5.99. The van der Waals surface area contributed by atoms with Crippen molar-refractivity contribution in [1.29, 1.82) is 0 Å². The van der Waals surface area contributed by atoms with Gasteiger partial charge in [-0.2, -0.15) is 0 Å². The SMILES string of the molecule is CCC(NCCC(=O)OC)C1CCC(CN2Cc3ccc(O)c(F)c3C2=O)CC1. The van der Waals surface area contributed by atoms with Gasteiger partial charge in [0.25, 0.3) is 5.91 Å². The number of amides is 1. The number of hydrogen-bond acceptors (Lipinski definition) is 5. The Morgan fingerprint density at radius 2 is 2.07 bits per heavy atom. The van der Waals surface area contributed by atoms with Gasteiger partial charge in [0.1, 0.15) is 0 Å². The number of hydrogen-bond donors (Lipinski definition) is 2. The second-order valence-electron chi connectivity index (χ2n) is 8.19. The Balaban J connectivity index is 1.48. The van der Waals surface area contributed by atoms with Gasteiger partial charge in [0, 0.05) is 25.7 Å². The number of rotatable bonds is 8. The first-order valence-electron chi connectivity index (χ1n) is 10.5. The van der Waals surface area contributed by atoms with E-state index < -0.39 is 11.6 Å². The Labute approximate surface area is 171 Å². The van der Waals surface area contributed by atoms with Crippen molar-refractivity contribution in [2.45, 2.75) is 58.0 Å². The molecule has 3 rings (SSSR count). The lowest BCUT2D eigenvalue weighted by Gasteiger charge is -2.35. The van der Waals surface area contributed by atoms with Crippen molar-refractivity contribution in [2.75, 3.05) is 20.2 Å². The number of aromatic hydroxyl groups is 1. The molecule has 160 valence electrons. The number of esters is 1. The highest BCUT2D eigenvalue weighted by Gasteiger charge is 2.34. The van der Waals surface area contributed by atoms with Crippen molar-refractivity contribution in [1.82, 2.24) is 10.2 Å². The summed E-state index contributed by atoms with van der Waals surface area (Å²) in [5, 5.41) is 13.0. The molecule has 1 heterocycles. The monoisotopic (exact) mass is 406 g/mol. The lowest BCUT2D eigenvalue weighted by Crippen LogP contribution is -2.40. The smallest absolute Gasteiger partial charge is 0.306 e. The van der Waals surface area contributed by atoms with Crippen LogP contribution in [0.4, 0.5) is 4.39 Å². The minimum Gasteiger partial charge on any atom is -0.505 e. The van der Waals surface area contributed by atoms with Gasteiger partial charge in [0.15, 0.2) is 11.6 Å². The molecule has 1 amide bonds. The predicted octanol–water partition coefficient (Wildman–Crippen LogP) is 3.22. The molecule has 2 aliphatic rings. The number of phenolic OH excluding ortho intramolecular Hbond substituents is 1. The summed E-state index contributed by atoms with van der Waals surface area (Å²) < 4.78 is 18.8. The van der Waals surface area contributed by atoms with Crippen molar-refractivity contribution in [3.63, 3.8) is 0 Å². The number of nitrogens with zero attached hydrogens (tertiary/aromatic N) is 1. The Morgan fingerprint density at radius 3 is 2.72 bits per heavy atom. The quantitative estimate of drug-likeness (QED) is 0.648. The molecule has 6 nitrogen and oxygen atoms in total. The summed E-state index contributed by atoms with van der Waals surface area (Å²) in [4.78, 5) is 25.6. The lowest BCUT2D eigenvalue weighted by atomic mass is 9.77. The molecule has 1 unspecified atom stereocenters. The fraction of sp³-hybridized carbons (Fsp3) is 0.636. The van der Waals surface area contributed by atoms with Crippen LogP contribution in [0.25, 0.3) is 0 Å². The molecule has 0 aromatic heterocycles. The van der Waals surface area contributed by atoms with E-state index in [0.717, 1.165) is 32.1 Å². The third-order valence-corrected chi connectivity index (χ3v) is 6.41. The number of nitrogens with one attached hydrogen (secondary N) is 1. The molecule has 29 heavy (non-hydrogen) atoms. The molecular weight excluding hydrogens is 375 g/mol. The summed E-state index contributed by atoms with van der Waals surface area (Å²) in [6, 6.07) is 3.33. The third kappa shape index (κ3) is 4.89. The maximum Gasteiger partial charge on any atom is 0.306 e. The minimum atomic E-state index is -0.803. The number of halogens is 1. The van der Waals surface area contributed by atoms with Crippen LogP contribution in [0.1, 0.15) is 61.4 Å². The zero-order valence-corrected chi connectivity index (χ0v) is 17.2. The number of ether oxygens (including phenoxy) is 1. The van der Waals surface area contributed by atoms with Crippen molar-refractivity contribution in [3.05, 3.63) is 29.1 Å². The molecule has 0 spiro atoms. The molecule has 1 fully saturated rings. The summed E-state index contributed by atoms with van der Waals surface area (Å²) in [5.74, 6) is -0.806. The van der Waals surface area contributed by atoms with Gasteiger partial charge in [-0.25, -0.2) is 4.39 Å². The van der Waals surface area contributed by atoms with Crippen molar-refractivity contribution in [2.24, 2.45) is 11.8 Å². The molecule has 0 bridgehead atoms. The van der Waals surface area contributed by atoms with Gasteiger partial charge in [-0.05, 0) is 55.6 Å². The van der Waals surface area contributed by atoms with Gasteiger partial charge in [0.05, 0.1) is 19.1 Å². The van der Waals surface area contributed by atoms with Crippen LogP contribution in [0.2, 0.25) is 0 Å². The van der Waals surface area contributed by atoms with E-state index in [1.54, 1.807) is 11.0 Å². The minimum absolute atomic E-state index is 0.0274. The number of carbonyl (C=O) groups excluding carboxylic acids is 2. The topological polar surface area (TPSA) is 78.9 Å². The van der Waals surface area contributed by atoms with Gasteiger partial charge in [-0.1, -0.05) is 13.0 Å². The molecule has 1 aromatic carbocycles. The maximum atomic E-state index is 14.1. The molecule has 1 aliphatic carbocycles. The van der Waals surface area contributed by atoms with Gasteiger partial charge in [0.2, 0.25) is 0 Å². The van der Waals surface area contributed by atoms with E-state index in [1.165, 1.54) is 13.2 Å². The average molecular weight is 406 g/mol. The summed E-state index contributed by atoms with van der Waals surface area (Å²) in [6.07, 6.45) is 5.63. The van der Waals surface area contributed by atoms with Gasteiger partial charge < -0.3 is 20.1 Å². The number of methoxy groups -OCH3 is 1. The van der Waals surface area contributed by atoms with E-state index in [-0.39, 0.29) is 17.4 Å². The highest BCUT2D eigenvalue weighted by atomic mass is 19.1. The molecule has 1 aliphatic heterocycles. The van der Waals surface area contributed by atoms with Crippen LogP contribution < -0.4 is 5.32 Å². The van der Waals surface area contributed by atoms with E-state index in [2.05, 4.69) is 17.0 Å². The Kier molecular flexibility index (Phi) is 7.11. The Morgan fingerprint density at radius 1 is 1.34 bits per heavy atom.